The summed E-state index contributed by atoms with van der Waals surface area (Å²) in [5, 5.41) is 0. The van der Waals surface area contributed by atoms with Gasteiger partial charge in [0.1, 0.15) is 0 Å². The van der Waals surface area contributed by atoms with Gasteiger partial charge in [-0.2, -0.15) is 0 Å². The van der Waals surface area contributed by atoms with Gasteiger partial charge in [-0.3, -0.25) is 4.79 Å². The Bertz CT molecular complexity index is 89.7. The molecule has 0 rings (SSSR count). The van der Waals surface area contributed by atoms with Crippen molar-refractivity contribution >= 4 is 25.0 Å². The molecule has 1 atom stereocenters. The molecule has 0 saturated heterocycles. The van der Waals surface area contributed by atoms with Crippen molar-refractivity contribution < 1.29 is 4.79 Å². The molecule has 0 aromatic carbocycles. The summed E-state index contributed by atoms with van der Waals surface area (Å²) < 4.78 is 0. The molecule has 1 unspecified atom stereocenters. The lowest BCUT2D eigenvalue weighted by Gasteiger charge is -1.72. The molecule has 0 aromatic rings. The van der Waals surface area contributed by atoms with Gasteiger partial charge >= 0.3 is 0 Å². The third-order valence-electron chi connectivity index (χ3n) is 0.381. The van der Waals surface area contributed by atoms with Crippen LogP contribution in [0.1, 0.15) is 6.92 Å². The van der Waals surface area contributed by atoms with Crippen molar-refractivity contribution in [2.45, 2.75) is 6.92 Å². The van der Waals surface area contributed by atoms with Gasteiger partial charge in [-0.25, -0.2) is 0 Å². The topological polar surface area (TPSA) is 17.1 Å². The van der Waals surface area contributed by atoms with Crippen LogP contribution in [0.2, 0.25) is 0 Å². The SMILES string of the molecule is CC(=O)/C=C/PCl. The third kappa shape index (κ3) is 6.13. The van der Waals surface area contributed by atoms with E-state index in [1.807, 2.05) is 0 Å². The van der Waals surface area contributed by atoms with E-state index in [1.165, 1.54) is 13.0 Å². The molecular formula is C4H6ClOP. The van der Waals surface area contributed by atoms with E-state index in [1.54, 1.807) is 5.82 Å². The van der Waals surface area contributed by atoms with Crippen LogP contribution in [0.15, 0.2) is 11.9 Å². The summed E-state index contributed by atoms with van der Waals surface area (Å²) in [5.74, 6) is 1.69. The van der Waals surface area contributed by atoms with E-state index in [2.05, 4.69) is 0 Å². The first kappa shape index (κ1) is 7.13. The van der Waals surface area contributed by atoms with Crippen LogP contribution in [-0.2, 0) is 4.79 Å². The number of hydrogen-bond acceptors (Lipinski definition) is 1. The van der Waals surface area contributed by atoms with Gasteiger partial charge in [0.15, 0.2) is 5.78 Å². The van der Waals surface area contributed by atoms with Crippen LogP contribution in [0, 0.1) is 0 Å². The number of carbonyl (C=O) groups excluding carboxylic acids is 1. The molecule has 40 valence electrons. The first-order valence-corrected chi connectivity index (χ1v) is 3.89. The van der Waals surface area contributed by atoms with Gasteiger partial charge in [-0.05, 0) is 26.8 Å². The maximum absolute atomic E-state index is 10.1. The van der Waals surface area contributed by atoms with Crippen LogP contribution in [0.4, 0.5) is 0 Å². The maximum Gasteiger partial charge on any atom is 0.152 e. The minimum absolute atomic E-state index is 0.0492. The molecule has 0 aromatic heterocycles. The van der Waals surface area contributed by atoms with Crippen molar-refractivity contribution in [1.29, 1.82) is 0 Å². The summed E-state index contributed by atoms with van der Waals surface area (Å²) in [6.07, 6.45) is 1.46. The molecule has 0 radical (unpaired) electrons. The van der Waals surface area contributed by atoms with E-state index in [0.717, 1.165) is 0 Å². The number of allylic oxidation sites excluding steroid dienone is 1. The molecule has 0 spiro atoms. The molecule has 0 heterocycles. The Labute approximate surface area is 49.3 Å². The number of rotatable bonds is 2. The minimum Gasteiger partial charge on any atom is -0.295 e. The second-order valence-corrected chi connectivity index (χ2v) is 2.26. The normalized spacial score (nSPS) is 11.7. The van der Waals surface area contributed by atoms with E-state index < -0.39 is 0 Å². The zero-order valence-electron chi connectivity index (χ0n) is 3.94. The van der Waals surface area contributed by atoms with Gasteiger partial charge < -0.3 is 0 Å². The van der Waals surface area contributed by atoms with Crippen molar-refractivity contribution in [2.24, 2.45) is 0 Å². The summed E-state index contributed by atoms with van der Waals surface area (Å²) in [6, 6.07) is 0. The van der Waals surface area contributed by atoms with Crippen LogP contribution in [0.25, 0.3) is 0 Å². The second kappa shape index (κ2) is 4.29. The van der Waals surface area contributed by atoms with E-state index in [0.29, 0.717) is 0 Å². The zero-order valence-corrected chi connectivity index (χ0v) is 5.70. The average Bonchev–Trinajstić information content (AvgIpc) is 1.61. The number of halogens is 1. The number of hydrogen-bond donors (Lipinski definition) is 0. The predicted molar refractivity (Wildman–Crippen MR) is 34.0 cm³/mol. The monoisotopic (exact) mass is 136 g/mol. The second-order valence-electron chi connectivity index (χ2n) is 1.05. The smallest absolute Gasteiger partial charge is 0.152 e. The molecule has 3 heteroatoms. The van der Waals surface area contributed by atoms with E-state index >= 15 is 0 Å². The van der Waals surface area contributed by atoms with Crippen molar-refractivity contribution in [3.8, 4) is 0 Å². The van der Waals surface area contributed by atoms with Crippen molar-refractivity contribution in [3.05, 3.63) is 11.9 Å². The molecule has 1 nitrogen and oxygen atoms in total. The molecule has 0 aliphatic carbocycles. The average molecular weight is 137 g/mol. The van der Waals surface area contributed by atoms with Crippen molar-refractivity contribution in [1.82, 2.24) is 0 Å². The van der Waals surface area contributed by atoms with E-state index in [4.69, 9.17) is 11.2 Å². The minimum atomic E-state index is 0.0492. The zero-order chi connectivity index (χ0) is 5.70. The first-order chi connectivity index (χ1) is 3.27. The summed E-state index contributed by atoms with van der Waals surface area (Å²) in [7, 11) is 0.221. The van der Waals surface area contributed by atoms with Gasteiger partial charge in [-0.1, -0.05) is 11.2 Å². The van der Waals surface area contributed by atoms with E-state index in [9.17, 15) is 4.79 Å². The summed E-state index contributed by atoms with van der Waals surface area (Å²) in [4.78, 5) is 10.1. The van der Waals surface area contributed by atoms with Crippen LogP contribution < -0.4 is 0 Å². The van der Waals surface area contributed by atoms with E-state index in [-0.39, 0.29) is 13.7 Å². The Morgan fingerprint density at radius 1 is 1.86 bits per heavy atom. The Balaban J connectivity index is 3.26. The van der Waals surface area contributed by atoms with Crippen LogP contribution in [-0.4, -0.2) is 5.78 Å². The lowest BCUT2D eigenvalue weighted by Crippen LogP contribution is -1.75. The fourth-order valence-corrected chi connectivity index (χ4v) is 0.636. The van der Waals surface area contributed by atoms with Crippen LogP contribution in [0.3, 0.4) is 0 Å². The lowest BCUT2D eigenvalue weighted by atomic mass is 10.5. The van der Waals surface area contributed by atoms with Gasteiger partial charge in [0, 0.05) is 0 Å². The Kier molecular flexibility index (Phi) is 4.37. The molecule has 0 saturated carbocycles. The standard InChI is InChI=1S/C4H6ClOP/c1-4(6)2-3-7-5/h2-3,7H,1H3/b3-2+. The van der Waals surface area contributed by atoms with Gasteiger partial charge in [0.05, 0.1) is 0 Å². The summed E-state index contributed by atoms with van der Waals surface area (Å²) in [6.45, 7) is 1.49. The molecule has 0 N–H and O–H groups in total. The Morgan fingerprint density at radius 2 is 2.43 bits per heavy atom. The number of carbonyl (C=O) groups is 1. The molecular weight excluding hydrogens is 130 g/mol. The lowest BCUT2D eigenvalue weighted by molar-refractivity contribution is -0.112. The van der Waals surface area contributed by atoms with Gasteiger partial charge in [0.2, 0.25) is 0 Å². The summed E-state index contributed by atoms with van der Waals surface area (Å²) in [5.41, 5.74) is 0. The van der Waals surface area contributed by atoms with Crippen LogP contribution in [0.5, 0.6) is 0 Å². The van der Waals surface area contributed by atoms with Crippen molar-refractivity contribution in [3.63, 3.8) is 0 Å². The predicted octanol–water partition coefficient (Wildman–Crippen LogP) is 1.92. The highest BCUT2D eigenvalue weighted by Crippen LogP contribution is 2.15. The maximum atomic E-state index is 10.1. The molecule has 7 heavy (non-hydrogen) atoms. The highest BCUT2D eigenvalue weighted by Gasteiger charge is 1.76. The highest BCUT2D eigenvalue weighted by atomic mass is 35.7. The fraction of sp³-hybridized carbons (Fsp3) is 0.250. The molecule has 0 aliphatic heterocycles. The molecule has 0 fully saturated rings. The first-order valence-electron chi connectivity index (χ1n) is 1.80. The molecule has 0 aliphatic rings. The van der Waals surface area contributed by atoms with Crippen molar-refractivity contribution in [2.75, 3.05) is 0 Å². The van der Waals surface area contributed by atoms with Gasteiger partial charge in [0.25, 0.3) is 0 Å². The Morgan fingerprint density at radius 3 is 2.57 bits per heavy atom. The summed E-state index contributed by atoms with van der Waals surface area (Å²) >= 11 is 5.23. The third-order valence-corrected chi connectivity index (χ3v) is 1.05. The highest BCUT2D eigenvalue weighted by molar-refractivity contribution is 7.71. The quantitative estimate of drug-likeness (QED) is 0.419. The largest absolute Gasteiger partial charge is 0.295 e. The Hall–Kier alpha value is 0.130. The molecule has 0 bridgehead atoms. The van der Waals surface area contributed by atoms with Gasteiger partial charge in [-0.15, -0.1) is 0 Å². The fourth-order valence-electron chi connectivity index (χ4n) is 0.149. The number of ketones is 1. The van der Waals surface area contributed by atoms with Crippen LogP contribution >= 0.6 is 19.2 Å². The molecule has 0 amide bonds.